The van der Waals surface area contributed by atoms with Crippen molar-refractivity contribution in [3.8, 4) is 0 Å². The van der Waals surface area contributed by atoms with Gasteiger partial charge in [-0.3, -0.25) is 0 Å². The monoisotopic (exact) mass is 248 g/mol. The molecule has 0 N–H and O–H groups in total. The third kappa shape index (κ3) is 6.93. The lowest BCUT2D eigenvalue weighted by Crippen LogP contribution is -2.11. The van der Waals surface area contributed by atoms with Crippen LogP contribution in [0.2, 0.25) is 0 Å². The molecule has 2 aliphatic rings. The lowest BCUT2D eigenvalue weighted by molar-refractivity contribution is -0.0500. The second kappa shape index (κ2) is 7.26. The molecule has 2 fully saturated rings. The Morgan fingerprint density at radius 2 is 1.76 bits per heavy atom. The van der Waals surface area contributed by atoms with Gasteiger partial charge in [-0.1, -0.05) is 6.42 Å². The first kappa shape index (κ1) is 13.2. The highest BCUT2D eigenvalue weighted by Crippen LogP contribution is 2.14. The summed E-state index contributed by atoms with van der Waals surface area (Å²) in [5, 5.41) is 0. The van der Waals surface area contributed by atoms with Crippen LogP contribution in [0.3, 0.4) is 0 Å². The summed E-state index contributed by atoms with van der Waals surface area (Å²) in [6.45, 7) is 3.40. The van der Waals surface area contributed by atoms with Crippen LogP contribution in [-0.2, 0) is 18.9 Å². The van der Waals surface area contributed by atoms with Crippen molar-refractivity contribution in [2.24, 2.45) is 0 Å². The Hall–Kier alpha value is -0.230. The average molecular weight is 248 g/mol. The van der Waals surface area contributed by atoms with Crippen LogP contribution in [0.4, 0.5) is 4.39 Å². The molecule has 0 aromatic rings. The molecule has 4 nitrogen and oxygen atoms in total. The zero-order valence-electron chi connectivity index (χ0n) is 10.1. The normalized spacial score (nSPS) is 28.1. The van der Waals surface area contributed by atoms with Crippen LogP contribution in [0.15, 0.2) is 0 Å². The molecule has 2 heterocycles. The van der Waals surface area contributed by atoms with Crippen molar-refractivity contribution in [2.45, 2.75) is 44.2 Å². The first-order valence-corrected chi connectivity index (χ1v) is 6.41. The van der Waals surface area contributed by atoms with Crippen LogP contribution in [0.5, 0.6) is 0 Å². The minimum absolute atomic E-state index is 0.145. The van der Waals surface area contributed by atoms with Crippen LogP contribution >= 0.6 is 0 Å². The molecule has 0 saturated carbocycles. The Bertz CT molecular complexity index is 207. The largest absolute Gasteiger partial charge is 0.379 e. The van der Waals surface area contributed by atoms with Crippen LogP contribution < -0.4 is 0 Å². The molecule has 0 aromatic heterocycles. The van der Waals surface area contributed by atoms with Gasteiger partial charge in [-0.25, -0.2) is 4.39 Å². The molecule has 0 aliphatic carbocycles. The maximum atomic E-state index is 13.2. The SMILES string of the molecule is FC(CCCCCOCC1CO1)OCC1CO1. The highest BCUT2D eigenvalue weighted by Gasteiger charge is 2.24. The number of alkyl halides is 1. The molecule has 0 aromatic carbocycles. The predicted molar refractivity (Wildman–Crippen MR) is 59.6 cm³/mol. The highest BCUT2D eigenvalue weighted by molar-refractivity contribution is 4.68. The van der Waals surface area contributed by atoms with Crippen LogP contribution in [-0.4, -0.2) is 51.6 Å². The molecule has 100 valence electrons. The fourth-order valence-corrected chi connectivity index (χ4v) is 1.52. The van der Waals surface area contributed by atoms with Crippen molar-refractivity contribution >= 4 is 0 Å². The topological polar surface area (TPSA) is 43.5 Å². The molecule has 3 atom stereocenters. The molecule has 2 saturated heterocycles. The summed E-state index contributed by atoms with van der Waals surface area (Å²) >= 11 is 0. The van der Waals surface area contributed by atoms with Crippen molar-refractivity contribution in [1.29, 1.82) is 0 Å². The van der Waals surface area contributed by atoms with Crippen LogP contribution in [0, 0.1) is 0 Å². The summed E-state index contributed by atoms with van der Waals surface area (Å²) in [4.78, 5) is 0. The van der Waals surface area contributed by atoms with Gasteiger partial charge in [0.1, 0.15) is 12.2 Å². The molecular weight excluding hydrogens is 227 g/mol. The summed E-state index contributed by atoms with van der Waals surface area (Å²) in [6.07, 6.45) is 2.61. The van der Waals surface area contributed by atoms with Crippen LogP contribution in [0.1, 0.15) is 25.7 Å². The molecule has 2 aliphatic heterocycles. The second-order valence-corrected chi connectivity index (χ2v) is 4.58. The van der Waals surface area contributed by atoms with E-state index in [2.05, 4.69) is 0 Å². The van der Waals surface area contributed by atoms with E-state index in [4.69, 9.17) is 18.9 Å². The first-order chi connectivity index (χ1) is 8.34. The Kier molecular flexibility index (Phi) is 5.64. The Morgan fingerprint density at radius 1 is 1.06 bits per heavy atom. The summed E-state index contributed by atoms with van der Waals surface area (Å²) in [5.74, 6) is 0. The lowest BCUT2D eigenvalue weighted by Gasteiger charge is -2.08. The van der Waals surface area contributed by atoms with E-state index in [-0.39, 0.29) is 6.10 Å². The van der Waals surface area contributed by atoms with Gasteiger partial charge < -0.3 is 18.9 Å². The van der Waals surface area contributed by atoms with Gasteiger partial charge >= 0.3 is 0 Å². The highest BCUT2D eigenvalue weighted by atomic mass is 19.1. The quantitative estimate of drug-likeness (QED) is 0.412. The number of halogens is 1. The van der Waals surface area contributed by atoms with Gasteiger partial charge in [0.25, 0.3) is 0 Å². The molecular formula is C12H21FO4. The zero-order valence-corrected chi connectivity index (χ0v) is 10.1. The molecule has 2 rings (SSSR count). The maximum absolute atomic E-state index is 13.2. The molecule has 0 bridgehead atoms. The molecule has 0 amide bonds. The number of ether oxygens (including phenoxy) is 4. The summed E-state index contributed by atoms with van der Waals surface area (Å²) in [6, 6.07) is 0. The van der Waals surface area contributed by atoms with Gasteiger partial charge in [0.2, 0.25) is 0 Å². The molecule has 17 heavy (non-hydrogen) atoms. The summed E-state index contributed by atoms with van der Waals surface area (Å²) in [7, 11) is 0. The standard InChI is InChI=1S/C12H21FO4/c13-12(17-9-11-8-16-11)4-2-1-3-5-14-6-10-7-15-10/h10-12H,1-9H2. The Morgan fingerprint density at radius 3 is 2.47 bits per heavy atom. The molecule has 3 unspecified atom stereocenters. The Balaban J connectivity index is 1.29. The van der Waals surface area contributed by atoms with Crippen molar-refractivity contribution in [3.05, 3.63) is 0 Å². The first-order valence-electron chi connectivity index (χ1n) is 6.41. The van der Waals surface area contributed by atoms with Gasteiger partial charge in [-0.15, -0.1) is 0 Å². The fraction of sp³-hybridized carbons (Fsp3) is 1.00. The molecule has 0 spiro atoms. The van der Waals surface area contributed by atoms with Gasteiger partial charge in [-0.05, 0) is 12.8 Å². The van der Waals surface area contributed by atoms with E-state index in [0.29, 0.717) is 25.7 Å². The molecule has 0 radical (unpaired) electrons. The fourth-order valence-electron chi connectivity index (χ4n) is 1.52. The minimum atomic E-state index is -1.14. The smallest absolute Gasteiger partial charge is 0.198 e. The second-order valence-electron chi connectivity index (χ2n) is 4.58. The van der Waals surface area contributed by atoms with E-state index in [0.717, 1.165) is 39.1 Å². The number of epoxide rings is 2. The van der Waals surface area contributed by atoms with Gasteiger partial charge in [0, 0.05) is 13.0 Å². The third-order valence-electron chi connectivity index (χ3n) is 2.79. The zero-order chi connectivity index (χ0) is 11.9. The third-order valence-corrected chi connectivity index (χ3v) is 2.79. The van der Waals surface area contributed by atoms with E-state index >= 15 is 0 Å². The number of hydrogen-bond acceptors (Lipinski definition) is 4. The van der Waals surface area contributed by atoms with Gasteiger partial charge in [0.15, 0.2) is 6.36 Å². The number of rotatable bonds is 11. The summed E-state index contributed by atoms with van der Waals surface area (Å²) < 4.78 is 33.5. The lowest BCUT2D eigenvalue weighted by atomic mass is 10.2. The van der Waals surface area contributed by atoms with E-state index in [1.807, 2.05) is 0 Å². The van der Waals surface area contributed by atoms with Crippen molar-refractivity contribution in [2.75, 3.05) is 33.0 Å². The summed E-state index contributed by atoms with van der Waals surface area (Å²) in [5.41, 5.74) is 0. The number of hydrogen-bond donors (Lipinski definition) is 0. The van der Waals surface area contributed by atoms with Gasteiger partial charge in [0.05, 0.1) is 26.4 Å². The van der Waals surface area contributed by atoms with Crippen molar-refractivity contribution < 1.29 is 23.3 Å². The van der Waals surface area contributed by atoms with Crippen molar-refractivity contribution in [3.63, 3.8) is 0 Å². The van der Waals surface area contributed by atoms with E-state index in [1.165, 1.54) is 0 Å². The average Bonchev–Trinajstić information content (AvgIpc) is 3.18. The molecule has 5 heteroatoms. The minimum Gasteiger partial charge on any atom is -0.379 e. The van der Waals surface area contributed by atoms with Gasteiger partial charge in [-0.2, -0.15) is 0 Å². The van der Waals surface area contributed by atoms with E-state index in [9.17, 15) is 4.39 Å². The van der Waals surface area contributed by atoms with E-state index in [1.54, 1.807) is 0 Å². The predicted octanol–water partition coefficient (Wildman–Crippen LogP) is 1.67. The maximum Gasteiger partial charge on any atom is 0.198 e. The number of unbranched alkanes of at least 4 members (excludes halogenated alkanes) is 2. The van der Waals surface area contributed by atoms with Crippen molar-refractivity contribution in [1.82, 2.24) is 0 Å². The Labute approximate surface area is 101 Å². The van der Waals surface area contributed by atoms with E-state index < -0.39 is 6.36 Å². The van der Waals surface area contributed by atoms with Crippen LogP contribution in [0.25, 0.3) is 0 Å².